The SMILES string of the molecule is CCOc1cc(C=NNC(=O)OC)ccc1O. The van der Waals surface area contributed by atoms with Crippen LogP contribution in [-0.4, -0.2) is 31.1 Å². The molecule has 17 heavy (non-hydrogen) atoms. The van der Waals surface area contributed by atoms with Crippen molar-refractivity contribution in [3.63, 3.8) is 0 Å². The molecule has 0 heterocycles. The highest BCUT2D eigenvalue weighted by Gasteiger charge is 2.02. The van der Waals surface area contributed by atoms with E-state index in [4.69, 9.17) is 4.74 Å². The monoisotopic (exact) mass is 238 g/mol. The highest BCUT2D eigenvalue weighted by molar-refractivity contribution is 5.81. The first-order valence-electron chi connectivity index (χ1n) is 5.00. The molecule has 1 aromatic carbocycles. The Labute approximate surface area is 98.9 Å². The van der Waals surface area contributed by atoms with Gasteiger partial charge in [-0.25, -0.2) is 10.2 Å². The summed E-state index contributed by atoms with van der Waals surface area (Å²) in [7, 11) is 1.25. The molecule has 0 atom stereocenters. The first-order valence-corrected chi connectivity index (χ1v) is 5.00. The molecule has 6 nitrogen and oxygen atoms in total. The third kappa shape index (κ3) is 4.02. The molecule has 0 fully saturated rings. The molecule has 92 valence electrons. The summed E-state index contributed by atoms with van der Waals surface area (Å²) in [5.74, 6) is 0.430. The van der Waals surface area contributed by atoms with Crippen LogP contribution in [0.1, 0.15) is 12.5 Å². The maximum absolute atomic E-state index is 10.7. The molecular weight excluding hydrogens is 224 g/mol. The van der Waals surface area contributed by atoms with Crippen LogP contribution in [0.25, 0.3) is 0 Å². The number of rotatable bonds is 4. The Morgan fingerprint density at radius 3 is 3.00 bits per heavy atom. The van der Waals surface area contributed by atoms with Crippen molar-refractivity contribution in [3.8, 4) is 11.5 Å². The van der Waals surface area contributed by atoms with Crippen molar-refractivity contribution in [1.82, 2.24) is 5.43 Å². The molecule has 2 N–H and O–H groups in total. The van der Waals surface area contributed by atoms with Gasteiger partial charge in [-0.15, -0.1) is 0 Å². The van der Waals surface area contributed by atoms with Gasteiger partial charge in [-0.3, -0.25) is 0 Å². The zero-order chi connectivity index (χ0) is 12.7. The second kappa shape index (κ2) is 6.37. The Morgan fingerprint density at radius 1 is 1.59 bits per heavy atom. The van der Waals surface area contributed by atoms with Crippen LogP contribution < -0.4 is 10.2 Å². The fourth-order valence-electron chi connectivity index (χ4n) is 1.09. The normalized spacial score (nSPS) is 10.2. The van der Waals surface area contributed by atoms with E-state index in [2.05, 4.69) is 15.3 Å². The molecular formula is C11H14N2O4. The number of hydrazone groups is 1. The van der Waals surface area contributed by atoms with E-state index in [1.807, 2.05) is 6.92 Å². The van der Waals surface area contributed by atoms with E-state index in [-0.39, 0.29) is 5.75 Å². The van der Waals surface area contributed by atoms with E-state index in [0.717, 1.165) is 0 Å². The molecule has 1 aromatic rings. The van der Waals surface area contributed by atoms with Gasteiger partial charge in [-0.1, -0.05) is 0 Å². The standard InChI is InChI=1S/C11H14N2O4/c1-3-17-10-6-8(4-5-9(10)14)7-12-13-11(15)16-2/h4-7,14H,3H2,1-2H3,(H,13,15). The molecule has 0 saturated heterocycles. The Kier molecular flexibility index (Phi) is 4.80. The molecule has 0 aliphatic carbocycles. The predicted molar refractivity (Wildman–Crippen MR) is 62.4 cm³/mol. The van der Waals surface area contributed by atoms with E-state index < -0.39 is 6.09 Å². The largest absolute Gasteiger partial charge is 0.504 e. The van der Waals surface area contributed by atoms with Crippen molar-refractivity contribution >= 4 is 12.3 Å². The number of aromatic hydroxyl groups is 1. The zero-order valence-electron chi connectivity index (χ0n) is 9.64. The molecule has 1 rings (SSSR count). The van der Waals surface area contributed by atoms with Crippen molar-refractivity contribution in [2.24, 2.45) is 5.10 Å². The van der Waals surface area contributed by atoms with Crippen LogP contribution in [0.4, 0.5) is 4.79 Å². The highest BCUT2D eigenvalue weighted by Crippen LogP contribution is 2.25. The minimum absolute atomic E-state index is 0.0601. The summed E-state index contributed by atoms with van der Waals surface area (Å²) in [5, 5.41) is 13.1. The Hall–Kier alpha value is -2.24. The molecule has 0 radical (unpaired) electrons. The van der Waals surface area contributed by atoms with Gasteiger partial charge in [-0.2, -0.15) is 5.10 Å². The zero-order valence-corrected chi connectivity index (χ0v) is 9.64. The first-order chi connectivity index (χ1) is 8.17. The van der Waals surface area contributed by atoms with Crippen LogP contribution in [0.5, 0.6) is 11.5 Å². The Bertz CT molecular complexity index is 418. The van der Waals surface area contributed by atoms with Crippen molar-refractivity contribution in [2.75, 3.05) is 13.7 Å². The maximum Gasteiger partial charge on any atom is 0.427 e. The summed E-state index contributed by atoms with van der Waals surface area (Å²) in [5.41, 5.74) is 2.83. The third-order valence-electron chi connectivity index (χ3n) is 1.84. The summed E-state index contributed by atoms with van der Waals surface area (Å²) in [6, 6.07) is 4.74. The minimum Gasteiger partial charge on any atom is -0.504 e. The number of hydrogen-bond acceptors (Lipinski definition) is 5. The third-order valence-corrected chi connectivity index (χ3v) is 1.84. The van der Waals surface area contributed by atoms with E-state index >= 15 is 0 Å². The second-order valence-electron chi connectivity index (χ2n) is 3.02. The van der Waals surface area contributed by atoms with E-state index in [9.17, 15) is 9.90 Å². The number of phenolic OH excluding ortho intramolecular Hbond substituents is 1. The number of benzene rings is 1. The smallest absolute Gasteiger partial charge is 0.427 e. The van der Waals surface area contributed by atoms with Crippen molar-refractivity contribution in [2.45, 2.75) is 6.92 Å². The molecule has 0 bridgehead atoms. The Morgan fingerprint density at radius 2 is 2.35 bits per heavy atom. The highest BCUT2D eigenvalue weighted by atomic mass is 16.5. The van der Waals surface area contributed by atoms with Crippen LogP contribution in [0, 0.1) is 0 Å². The van der Waals surface area contributed by atoms with Gasteiger partial charge < -0.3 is 14.6 Å². The van der Waals surface area contributed by atoms with Gasteiger partial charge in [-0.05, 0) is 30.7 Å². The number of nitrogens with one attached hydrogen (secondary N) is 1. The predicted octanol–water partition coefficient (Wildman–Crippen LogP) is 1.48. The number of nitrogens with zero attached hydrogens (tertiary/aromatic N) is 1. The molecule has 0 spiro atoms. The van der Waals surface area contributed by atoms with E-state index in [0.29, 0.717) is 17.9 Å². The van der Waals surface area contributed by atoms with Gasteiger partial charge in [0.25, 0.3) is 0 Å². The van der Waals surface area contributed by atoms with Crippen LogP contribution >= 0.6 is 0 Å². The number of carbonyl (C=O) groups is 1. The number of ether oxygens (including phenoxy) is 2. The van der Waals surface area contributed by atoms with Gasteiger partial charge >= 0.3 is 6.09 Å². The lowest BCUT2D eigenvalue weighted by molar-refractivity contribution is 0.171. The van der Waals surface area contributed by atoms with Gasteiger partial charge in [0.05, 0.1) is 19.9 Å². The van der Waals surface area contributed by atoms with Crippen molar-refractivity contribution in [1.29, 1.82) is 0 Å². The average Bonchev–Trinajstić information content (AvgIpc) is 2.33. The average molecular weight is 238 g/mol. The number of hydrogen-bond donors (Lipinski definition) is 2. The van der Waals surface area contributed by atoms with Gasteiger partial charge in [0, 0.05) is 0 Å². The van der Waals surface area contributed by atoms with E-state index in [1.165, 1.54) is 19.4 Å². The lowest BCUT2D eigenvalue weighted by Gasteiger charge is -2.05. The second-order valence-corrected chi connectivity index (χ2v) is 3.02. The molecule has 0 aliphatic rings. The van der Waals surface area contributed by atoms with Crippen LogP contribution in [-0.2, 0) is 4.74 Å². The number of methoxy groups -OCH3 is 1. The maximum atomic E-state index is 10.7. The van der Waals surface area contributed by atoms with E-state index in [1.54, 1.807) is 12.1 Å². The molecule has 0 aliphatic heterocycles. The Balaban J connectivity index is 2.71. The summed E-state index contributed by atoms with van der Waals surface area (Å²) in [4.78, 5) is 10.7. The molecule has 6 heteroatoms. The van der Waals surface area contributed by atoms with Crippen LogP contribution in [0.3, 0.4) is 0 Å². The topological polar surface area (TPSA) is 80.2 Å². The molecule has 1 amide bonds. The number of carbonyl (C=O) groups excluding carboxylic acids is 1. The van der Waals surface area contributed by atoms with Crippen LogP contribution in [0.2, 0.25) is 0 Å². The van der Waals surface area contributed by atoms with Gasteiger partial charge in [0.15, 0.2) is 11.5 Å². The van der Waals surface area contributed by atoms with Gasteiger partial charge in [0.2, 0.25) is 0 Å². The fraction of sp³-hybridized carbons (Fsp3) is 0.273. The summed E-state index contributed by atoms with van der Waals surface area (Å²) < 4.78 is 9.54. The van der Waals surface area contributed by atoms with Crippen molar-refractivity contribution in [3.05, 3.63) is 23.8 Å². The molecule has 0 saturated carbocycles. The van der Waals surface area contributed by atoms with Crippen molar-refractivity contribution < 1.29 is 19.4 Å². The number of amides is 1. The summed E-state index contributed by atoms with van der Waals surface area (Å²) in [6.45, 7) is 2.27. The van der Waals surface area contributed by atoms with Gasteiger partial charge in [0.1, 0.15) is 0 Å². The lowest BCUT2D eigenvalue weighted by atomic mass is 10.2. The van der Waals surface area contributed by atoms with Crippen LogP contribution in [0.15, 0.2) is 23.3 Å². The summed E-state index contributed by atoms with van der Waals surface area (Å²) in [6.07, 6.45) is 0.767. The first kappa shape index (κ1) is 12.8. The fourth-order valence-corrected chi connectivity index (χ4v) is 1.09. The quantitative estimate of drug-likeness (QED) is 0.615. The summed E-state index contributed by atoms with van der Waals surface area (Å²) >= 11 is 0. The number of phenols is 1. The molecule has 0 unspecified atom stereocenters. The lowest BCUT2D eigenvalue weighted by Crippen LogP contribution is -2.16. The minimum atomic E-state index is -0.648. The molecule has 0 aromatic heterocycles.